The lowest BCUT2D eigenvalue weighted by Gasteiger charge is -2.17. The van der Waals surface area contributed by atoms with Gasteiger partial charge in [0.1, 0.15) is 11.9 Å². The van der Waals surface area contributed by atoms with Crippen molar-refractivity contribution in [3.8, 4) is 11.6 Å². The molecule has 1 aliphatic heterocycles. The van der Waals surface area contributed by atoms with Crippen LogP contribution in [0.5, 0.6) is 11.6 Å². The van der Waals surface area contributed by atoms with Gasteiger partial charge in [-0.25, -0.2) is 0 Å². The molecule has 0 radical (unpaired) electrons. The van der Waals surface area contributed by atoms with E-state index in [0.717, 1.165) is 36.5 Å². The first-order valence-corrected chi connectivity index (χ1v) is 9.13. The Hall–Kier alpha value is -2.83. The lowest BCUT2D eigenvalue weighted by Crippen LogP contribution is -2.31. The number of methoxy groups -OCH3 is 1. The van der Waals surface area contributed by atoms with E-state index in [2.05, 4.69) is 10.2 Å². The van der Waals surface area contributed by atoms with E-state index in [4.69, 9.17) is 9.47 Å². The van der Waals surface area contributed by atoms with Crippen LogP contribution in [0, 0.1) is 0 Å². The Morgan fingerprint density at radius 2 is 1.96 bits per heavy atom. The van der Waals surface area contributed by atoms with E-state index in [0.29, 0.717) is 18.8 Å². The molecule has 0 N–H and O–H groups in total. The third-order valence-electron chi connectivity index (χ3n) is 4.66. The summed E-state index contributed by atoms with van der Waals surface area (Å²) >= 11 is 0. The van der Waals surface area contributed by atoms with E-state index in [9.17, 15) is 4.79 Å². The molecule has 1 amide bonds. The van der Waals surface area contributed by atoms with Gasteiger partial charge in [0.15, 0.2) is 5.82 Å². The van der Waals surface area contributed by atoms with Crippen LogP contribution < -0.4 is 14.4 Å². The van der Waals surface area contributed by atoms with Crippen LogP contribution in [0.15, 0.2) is 36.4 Å². The monoisotopic (exact) mass is 370 g/mol. The second-order valence-corrected chi connectivity index (χ2v) is 6.84. The second-order valence-electron chi connectivity index (χ2n) is 6.84. The predicted molar refractivity (Wildman–Crippen MR) is 103 cm³/mol. The number of aryl methyl sites for hydroxylation is 1. The Morgan fingerprint density at radius 1 is 1.19 bits per heavy atom. The summed E-state index contributed by atoms with van der Waals surface area (Å²) in [6.45, 7) is 1.31. The van der Waals surface area contributed by atoms with Gasteiger partial charge in [-0.3, -0.25) is 4.79 Å². The molecule has 0 saturated carbocycles. The number of carbonyl (C=O) groups excluding carboxylic acids is 1. The zero-order valence-corrected chi connectivity index (χ0v) is 16.1. The number of hydrogen-bond acceptors (Lipinski definition) is 6. The van der Waals surface area contributed by atoms with Gasteiger partial charge in [0.2, 0.25) is 11.8 Å². The van der Waals surface area contributed by atoms with Gasteiger partial charge in [-0.2, -0.15) is 0 Å². The number of aromatic nitrogens is 2. The zero-order valence-electron chi connectivity index (χ0n) is 16.1. The van der Waals surface area contributed by atoms with Crippen molar-refractivity contribution in [2.75, 3.05) is 39.2 Å². The zero-order chi connectivity index (χ0) is 19.2. The van der Waals surface area contributed by atoms with E-state index in [1.54, 1.807) is 7.11 Å². The van der Waals surface area contributed by atoms with E-state index in [1.807, 2.05) is 60.3 Å². The molecule has 7 heteroatoms. The summed E-state index contributed by atoms with van der Waals surface area (Å²) in [6.07, 6.45) is 2.00. The van der Waals surface area contributed by atoms with Gasteiger partial charge in [0.25, 0.3) is 0 Å². The molecule has 1 aromatic heterocycles. The molecule has 1 unspecified atom stereocenters. The quantitative estimate of drug-likeness (QED) is 0.744. The summed E-state index contributed by atoms with van der Waals surface area (Å²) in [5, 5.41) is 8.21. The number of nitrogens with zero attached hydrogens (tertiary/aromatic N) is 4. The summed E-state index contributed by atoms with van der Waals surface area (Å²) < 4.78 is 11.0. The van der Waals surface area contributed by atoms with E-state index in [1.165, 1.54) is 0 Å². The molecule has 1 aliphatic rings. The summed E-state index contributed by atoms with van der Waals surface area (Å²) in [6, 6.07) is 11.5. The van der Waals surface area contributed by atoms with Gasteiger partial charge in [0, 0.05) is 39.5 Å². The normalized spacial score (nSPS) is 16.3. The van der Waals surface area contributed by atoms with Crippen molar-refractivity contribution in [3.05, 3.63) is 42.0 Å². The maximum atomic E-state index is 12.5. The molecule has 7 nitrogen and oxygen atoms in total. The lowest BCUT2D eigenvalue weighted by molar-refractivity contribution is -0.130. The van der Waals surface area contributed by atoms with Crippen molar-refractivity contribution in [2.24, 2.45) is 0 Å². The number of anilines is 1. The molecular formula is C20H26N4O3. The fourth-order valence-electron chi connectivity index (χ4n) is 3.04. The molecule has 0 aliphatic carbocycles. The molecule has 2 aromatic rings. The standard InChI is InChI=1S/C20H26N4O3/c1-23(2)18-9-10-19(22-21-18)27-17-12-13-24(14-17)20(25)11-6-15-4-7-16(26-3)8-5-15/h4-5,7-10,17H,6,11-14H2,1-3H3. The molecule has 27 heavy (non-hydrogen) atoms. The van der Waals surface area contributed by atoms with E-state index >= 15 is 0 Å². The number of ether oxygens (including phenoxy) is 2. The number of rotatable bonds is 7. The van der Waals surface area contributed by atoms with Crippen LogP contribution >= 0.6 is 0 Å². The highest BCUT2D eigenvalue weighted by atomic mass is 16.5. The molecule has 1 aromatic carbocycles. The molecule has 3 rings (SSSR count). The Balaban J connectivity index is 1.45. The summed E-state index contributed by atoms with van der Waals surface area (Å²) in [4.78, 5) is 16.2. The number of benzene rings is 1. The Bertz CT molecular complexity index is 747. The summed E-state index contributed by atoms with van der Waals surface area (Å²) in [5.74, 6) is 2.26. The Labute approximate surface area is 159 Å². The molecule has 0 spiro atoms. The minimum Gasteiger partial charge on any atom is -0.497 e. The largest absolute Gasteiger partial charge is 0.497 e. The van der Waals surface area contributed by atoms with Crippen molar-refractivity contribution < 1.29 is 14.3 Å². The second kappa shape index (κ2) is 8.70. The molecule has 1 atom stereocenters. The average molecular weight is 370 g/mol. The van der Waals surface area contributed by atoms with Crippen LogP contribution in [-0.4, -0.2) is 61.4 Å². The van der Waals surface area contributed by atoms with E-state index in [-0.39, 0.29) is 12.0 Å². The Morgan fingerprint density at radius 3 is 2.59 bits per heavy atom. The topological polar surface area (TPSA) is 67.8 Å². The first kappa shape index (κ1) is 18.9. The van der Waals surface area contributed by atoms with Crippen LogP contribution in [-0.2, 0) is 11.2 Å². The highest BCUT2D eigenvalue weighted by Crippen LogP contribution is 2.19. The fraction of sp³-hybridized carbons (Fsp3) is 0.450. The van der Waals surface area contributed by atoms with Crippen molar-refractivity contribution in [3.63, 3.8) is 0 Å². The highest BCUT2D eigenvalue weighted by Gasteiger charge is 2.27. The number of carbonyl (C=O) groups is 1. The molecule has 2 heterocycles. The molecule has 144 valence electrons. The van der Waals surface area contributed by atoms with Crippen LogP contribution in [0.3, 0.4) is 0 Å². The SMILES string of the molecule is COc1ccc(CCC(=O)N2CCC(Oc3ccc(N(C)C)nn3)C2)cc1. The smallest absolute Gasteiger partial charge is 0.233 e. The van der Waals surface area contributed by atoms with Crippen molar-refractivity contribution in [2.45, 2.75) is 25.4 Å². The van der Waals surface area contributed by atoms with Gasteiger partial charge in [-0.1, -0.05) is 12.1 Å². The first-order chi connectivity index (χ1) is 13.0. The van der Waals surface area contributed by atoms with Crippen LogP contribution in [0.4, 0.5) is 5.82 Å². The van der Waals surface area contributed by atoms with Gasteiger partial charge >= 0.3 is 0 Å². The third kappa shape index (κ3) is 5.09. The Kier molecular flexibility index (Phi) is 6.11. The first-order valence-electron chi connectivity index (χ1n) is 9.13. The minimum absolute atomic E-state index is 0.0329. The average Bonchev–Trinajstić information content (AvgIpc) is 3.15. The van der Waals surface area contributed by atoms with Crippen LogP contribution in [0.25, 0.3) is 0 Å². The van der Waals surface area contributed by atoms with Crippen LogP contribution in [0.1, 0.15) is 18.4 Å². The van der Waals surface area contributed by atoms with E-state index < -0.39 is 0 Å². The number of likely N-dealkylation sites (tertiary alicyclic amines) is 1. The van der Waals surface area contributed by atoms with Gasteiger partial charge in [-0.15, -0.1) is 10.2 Å². The van der Waals surface area contributed by atoms with Gasteiger partial charge in [-0.05, 0) is 30.2 Å². The third-order valence-corrected chi connectivity index (χ3v) is 4.66. The molecular weight excluding hydrogens is 344 g/mol. The maximum absolute atomic E-state index is 12.5. The number of amides is 1. The predicted octanol–water partition coefficient (Wildman–Crippen LogP) is 2.16. The molecule has 1 fully saturated rings. The number of hydrogen-bond donors (Lipinski definition) is 0. The summed E-state index contributed by atoms with van der Waals surface area (Å²) in [7, 11) is 5.47. The highest BCUT2D eigenvalue weighted by molar-refractivity contribution is 5.76. The van der Waals surface area contributed by atoms with Crippen molar-refractivity contribution in [1.29, 1.82) is 0 Å². The van der Waals surface area contributed by atoms with Crippen molar-refractivity contribution in [1.82, 2.24) is 15.1 Å². The minimum atomic E-state index is -0.0329. The van der Waals surface area contributed by atoms with Gasteiger partial charge < -0.3 is 19.3 Å². The fourth-order valence-corrected chi connectivity index (χ4v) is 3.04. The maximum Gasteiger partial charge on any atom is 0.233 e. The van der Waals surface area contributed by atoms with Crippen LogP contribution in [0.2, 0.25) is 0 Å². The lowest BCUT2D eigenvalue weighted by atomic mass is 10.1. The van der Waals surface area contributed by atoms with Crippen molar-refractivity contribution >= 4 is 11.7 Å². The summed E-state index contributed by atoms with van der Waals surface area (Å²) in [5.41, 5.74) is 1.13. The molecule has 0 bridgehead atoms. The van der Waals surface area contributed by atoms with Gasteiger partial charge in [0.05, 0.1) is 13.7 Å². The molecule has 1 saturated heterocycles.